The molecular weight excluding hydrogens is 333 g/mol. The first-order valence-corrected chi connectivity index (χ1v) is 10.0. The molecule has 0 N–H and O–H groups in total. The number of halogens is 3. The molecule has 0 nitrogen and oxygen atoms in total. The van der Waals surface area contributed by atoms with Gasteiger partial charge in [-0.25, -0.2) is 13.2 Å². The zero-order valence-electron chi connectivity index (χ0n) is 15.6. The molecular formula is C23H29F3. The summed E-state index contributed by atoms with van der Waals surface area (Å²) in [6.07, 6.45) is 17.9. The quantitative estimate of drug-likeness (QED) is 0.389. The highest BCUT2D eigenvalue weighted by Gasteiger charge is 2.31. The molecule has 2 aliphatic rings. The van der Waals surface area contributed by atoms with E-state index in [1.807, 2.05) is 6.92 Å². The van der Waals surface area contributed by atoms with Gasteiger partial charge in [-0.2, -0.15) is 0 Å². The first-order valence-electron chi connectivity index (χ1n) is 10.0. The molecule has 1 aromatic rings. The molecule has 0 heterocycles. The summed E-state index contributed by atoms with van der Waals surface area (Å²) in [5, 5.41) is 0. The van der Waals surface area contributed by atoms with Crippen LogP contribution in [-0.2, 0) is 0 Å². The van der Waals surface area contributed by atoms with Crippen LogP contribution in [0.15, 0.2) is 36.4 Å². The Labute approximate surface area is 155 Å². The lowest BCUT2D eigenvalue weighted by Crippen LogP contribution is -2.25. The molecule has 0 atom stereocenters. The van der Waals surface area contributed by atoms with E-state index in [2.05, 4.69) is 24.3 Å². The SMILES string of the molecule is CC=CC=CC1CCC(C2CCC(c3cc(F)c(F)c(F)c3)CC2)CC1. The van der Waals surface area contributed by atoms with Crippen LogP contribution in [0.2, 0.25) is 0 Å². The molecule has 3 heteroatoms. The molecule has 0 saturated heterocycles. The van der Waals surface area contributed by atoms with E-state index in [-0.39, 0.29) is 5.92 Å². The second-order valence-electron chi connectivity index (χ2n) is 8.00. The van der Waals surface area contributed by atoms with E-state index < -0.39 is 17.5 Å². The lowest BCUT2D eigenvalue weighted by molar-refractivity contribution is 0.171. The first kappa shape index (κ1) is 19.3. The van der Waals surface area contributed by atoms with Gasteiger partial charge in [0.05, 0.1) is 0 Å². The van der Waals surface area contributed by atoms with Gasteiger partial charge in [0, 0.05) is 0 Å². The summed E-state index contributed by atoms with van der Waals surface area (Å²) in [5.74, 6) is -1.08. The largest absolute Gasteiger partial charge is 0.204 e. The first-order chi connectivity index (χ1) is 12.6. The molecule has 2 fully saturated rings. The maximum Gasteiger partial charge on any atom is 0.194 e. The summed E-state index contributed by atoms with van der Waals surface area (Å²) >= 11 is 0. The molecule has 0 aliphatic heterocycles. The highest BCUT2D eigenvalue weighted by Crippen LogP contribution is 2.44. The summed E-state index contributed by atoms with van der Waals surface area (Å²) < 4.78 is 40.1. The Hall–Kier alpha value is -1.51. The molecule has 3 rings (SSSR count). The fourth-order valence-corrected chi connectivity index (χ4v) is 4.88. The maximum atomic E-state index is 13.5. The van der Waals surface area contributed by atoms with Gasteiger partial charge in [0.25, 0.3) is 0 Å². The zero-order chi connectivity index (χ0) is 18.5. The van der Waals surface area contributed by atoms with Crippen molar-refractivity contribution in [1.82, 2.24) is 0 Å². The molecule has 0 spiro atoms. The van der Waals surface area contributed by atoms with Crippen molar-refractivity contribution < 1.29 is 13.2 Å². The van der Waals surface area contributed by atoms with E-state index in [0.29, 0.717) is 11.5 Å². The van der Waals surface area contributed by atoms with Crippen LogP contribution >= 0.6 is 0 Å². The van der Waals surface area contributed by atoms with Gasteiger partial charge in [0.15, 0.2) is 17.5 Å². The standard InChI is InChI=1S/C23H29F3/c1-2-3-4-5-16-6-8-17(9-7-16)18-10-12-19(13-11-18)20-14-21(24)23(26)22(25)15-20/h2-5,14-19H,6-13H2,1H3. The molecule has 26 heavy (non-hydrogen) atoms. The van der Waals surface area contributed by atoms with Crippen LogP contribution in [0.1, 0.15) is 69.8 Å². The van der Waals surface area contributed by atoms with E-state index in [1.54, 1.807) is 0 Å². The summed E-state index contributed by atoms with van der Waals surface area (Å²) in [6.45, 7) is 2.03. The van der Waals surface area contributed by atoms with Crippen LogP contribution < -0.4 is 0 Å². The van der Waals surface area contributed by atoms with Crippen molar-refractivity contribution in [3.05, 3.63) is 59.5 Å². The van der Waals surface area contributed by atoms with Gasteiger partial charge >= 0.3 is 0 Å². The van der Waals surface area contributed by atoms with Gasteiger partial charge in [-0.15, -0.1) is 0 Å². The summed E-state index contributed by atoms with van der Waals surface area (Å²) in [6, 6.07) is 2.37. The maximum absolute atomic E-state index is 13.5. The minimum absolute atomic E-state index is 0.163. The second-order valence-corrected chi connectivity index (χ2v) is 8.00. The summed E-state index contributed by atoms with van der Waals surface area (Å²) in [5.41, 5.74) is 0.623. The van der Waals surface area contributed by atoms with E-state index in [9.17, 15) is 13.2 Å². The third-order valence-electron chi connectivity index (χ3n) is 6.42. The number of benzene rings is 1. The Morgan fingerprint density at radius 3 is 1.85 bits per heavy atom. The van der Waals surface area contributed by atoms with Gasteiger partial charge < -0.3 is 0 Å². The van der Waals surface area contributed by atoms with E-state index in [4.69, 9.17) is 0 Å². The highest BCUT2D eigenvalue weighted by atomic mass is 19.2. The Bertz CT molecular complexity index is 622. The third kappa shape index (κ3) is 4.61. The van der Waals surface area contributed by atoms with Gasteiger partial charge in [-0.1, -0.05) is 24.3 Å². The van der Waals surface area contributed by atoms with Gasteiger partial charge in [-0.05, 0) is 99.7 Å². The second kappa shape index (κ2) is 8.92. The van der Waals surface area contributed by atoms with Gasteiger partial charge in [0.2, 0.25) is 0 Å². The Balaban J connectivity index is 1.50. The predicted molar refractivity (Wildman–Crippen MR) is 100 cm³/mol. The third-order valence-corrected chi connectivity index (χ3v) is 6.42. The van der Waals surface area contributed by atoms with Crippen LogP contribution in [0, 0.1) is 35.2 Å². The average Bonchev–Trinajstić information content (AvgIpc) is 2.67. The molecule has 0 radical (unpaired) electrons. The lowest BCUT2D eigenvalue weighted by Gasteiger charge is -2.37. The topological polar surface area (TPSA) is 0 Å². The normalized spacial score (nSPS) is 30.3. The highest BCUT2D eigenvalue weighted by molar-refractivity contribution is 5.23. The zero-order valence-corrected chi connectivity index (χ0v) is 15.6. The van der Waals surface area contributed by atoms with Crippen molar-refractivity contribution in [1.29, 1.82) is 0 Å². The summed E-state index contributed by atoms with van der Waals surface area (Å²) in [4.78, 5) is 0. The van der Waals surface area contributed by atoms with Crippen molar-refractivity contribution in [3.63, 3.8) is 0 Å². The van der Waals surface area contributed by atoms with Crippen molar-refractivity contribution in [2.75, 3.05) is 0 Å². The van der Waals surface area contributed by atoms with Gasteiger partial charge in [0.1, 0.15) is 0 Å². The lowest BCUT2D eigenvalue weighted by atomic mass is 9.68. The fourth-order valence-electron chi connectivity index (χ4n) is 4.88. The van der Waals surface area contributed by atoms with Crippen LogP contribution in [-0.4, -0.2) is 0 Å². The number of hydrogen-bond acceptors (Lipinski definition) is 0. The van der Waals surface area contributed by atoms with E-state index in [1.165, 1.54) is 37.8 Å². The molecule has 0 bridgehead atoms. The van der Waals surface area contributed by atoms with Crippen LogP contribution in [0.25, 0.3) is 0 Å². The van der Waals surface area contributed by atoms with Crippen molar-refractivity contribution >= 4 is 0 Å². The minimum Gasteiger partial charge on any atom is -0.204 e. The molecule has 1 aromatic carbocycles. The van der Waals surface area contributed by atoms with Crippen LogP contribution in [0.4, 0.5) is 13.2 Å². The van der Waals surface area contributed by atoms with E-state index >= 15 is 0 Å². The number of allylic oxidation sites excluding steroid dienone is 4. The molecule has 0 aromatic heterocycles. The molecule has 142 valence electrons. The smallest absolute Gasteiger partial charge is 0.194 e. The summed E-state index contributed by atoms with van der Waals surface area (Å²) in [7, 11) is 0. The molecule has 0 unspecified atom stereocenters. The van der Waals surface area contributed by atoms with Crippen molar-refractivity contribution in [3.8, 4) is 0 Å². The Morgan fingerprint density at radius 2 is 1.31 bits per heavy atom. The fraction of sp³-hybridized carbons (Fsp3) is 0.565. The number of hydrogen-bond donors (Lipinski definition) is 0. The van der Waals surface area contributed by atoms with Crippen molar-refractivity contribution in [2.24, 2.45) is 17.8 Å². The average molecular weight is 362 g/mol. The molecule has 0 amide bonds. The molecule has 2 aliphatic carbocycles. The molecule has 2 saturated carbocycles. The van der Waals surface area contributed by atoms with Gasteiger partial charge in [-0.3, -0.25) is 0 Å². The van der Waals surface area contributed by atoms with Crippen LogP contribution in [0.3, 0.4) is 0 Å². The number of rotatable bonds is 4. The minimum atomic E-state index is -1.36. The van der Waals surface area contributed by atoms with E-state index in [0.717, 1.165) is 37.5 Å². The van der Waals surface area contributed by atoms with Crippen LogP contribution in [0.5, 0.6) is 0 Å². The Kier molecular flexibility index (Phi) is 6.61. The predicted octanol–water partition coefficient (Wildman–Crippen LogP) is 7.32. The monoisotopic (exact) mass is 362 g/mol. The van der Waals surface area contributed by atoms with Crippen molar-refractivity contribution in [2.45, 2.75) is 64.2 Å². The Morgan fingerprint density at radius 1 is 0.769 bits per heavy atom.